The number of benzene rings is 2. The maximum absolute atomic E-state index is 5.68. The Labute approximate surface area is 168 Å². The van der Waals surface area contributed by atoms with E-state index in [0.29, 0.717) is 18.2 Å². The van der Waals surface area contributed by atoms with E-state index >= 15 is 0 Å². The summed E-state index contributed by atoms with van der Waals surface area (Å²) in [5, 5.41) is 3.88. The Morgan fingerprint density at radius 2 is 1.89 bits per heavy atom. The molecule has 4 rings (SSSR count). The van der Waals surface area contributed by atoms with Gasteiger partial charge in [0.2, 0.25) is 6.79 Å². The minimum Gasteiger partial charge on any atom is -0.497 e. The van der Waals surface area contributed by atoms with E-state index in [-0.39, 0.29) is 6.79 Å². The van der Waals surface area contributed by atoms with Crippen LogP contribution in [0.4, 0.5) is 5.69 Å². The molecule has 1 aromatic heterocycles. The minimum atomic E-state index is 0.256. The van der Waals surface area contributed by atoms with Gasteiger partial charge in [0.1, 0.15) is 11.5 Å². The fraction of sp³-hybridized carbons (Fsp3) is 0.190. The Kier molecular flexibility index (Phi) is 5.34. The minimum absolute atomic E-state index is 0.256. The van der Waals surface area contributed by atoms with E-state index < -0.39 is 0 Å². The van der Waals surface area contributed by atoms with Gasteiger partial charge in [-0.3, -0.25) is 0 Å². The van der Waals surface area contributed by atoms with Crippen LogP contribution in [0.3, 0.4) is 0 Å². The van der Waals surface area contributed by atoms with Crippen LogP contribution in [0.2, 0.25) is 0 Å². The number of methoxy groups -OCH3 is 1. The number of hydrogen-bond donors (Lipinski definition) is 1. The van der Waals surface area contributed by atoms with Gasteiger partial charge in [0, 0.05) is 12.2 Å². The third-order valence-electron chi connectivity index (χ3n) is 4.37. The Hall–Kier alpha value is -3.19. The zero-order chi connectivity index (χ0) is 19.3. The molecule has 0 amide bonds. The number of thiocarbonyl (C=S) groups is 1. The number of hydrogen-bond acceptors (Lipinski definition) is 5. The van der Waals surface area contributed by atoms with E-state index in [4.69, 9.17) is 30.8 Å². The highest BCUT2D eigenvalue weighted by Crippen LogP contribution is 2.33. The van der Waals surface area contributed by atoms with Gasteiger partial charge in [-0.1, -0.05) is 6.07 Å². The van der Waals surface area contributed by atoms with Crippen LogP contribution < -0.4 is 19.5 Å². The second-order valence-corrected chi connectivity index (χ2v) is 6.67. The molecular formula is C21H20N2O4S. The molecule has 0 saturated heterocycles. The van der Waals surface area contributed by atoms with Crippen molar-refractivity contribution in [1.29, 1.82) is 0 Å². The monoisotopic (exact) mass is 396 g/mol. The molecule has 1 aliphatic heterocycles. The van der Waals surface area contributed by atoms with Gasteiger partial charge < -0.3 is 28.8 Å². The average Bonchev–Trinajstić information content (AvgIpc) is 3.39. The van der Waals surface area contributed by atoms with Crippen LogP contribution in [-0.2, 0) is 13.1 Å². The summed E-state index contributed by atoms with van der Waals surface area (Å²) in [6.45, 7) is 1.40. The van der Waals surface area contributed by atoms with Gasteiger partial charge in [-0.25, -0.2) is 0 Å². The number of nitrogens with one attached hydrogen (secondary N) is 1. The van der Waals surface area contributed by atoms with Crippen molar-refractivity contribution in [2.75, 3.05) is 19.2 Å². The molecule has 2 heterocycles. The quantitative estimate of drug-likeness (QED) is 0.619. The molecule has 0 spiro atoms. The van der Waals surface area contributed by atoms with Gasteiger partial charge in [0.05, 0.1) is 19.9 Å². The molecule has 0 atom stereocenters. The number of rotatable bonds is 6. The van der Waals surface area contributed by atoms with Crippen LogP contribution in [0.25, 0.3) is 0 Å². The van der Waals surface area contributed by atoms with Crippen LogP contribution in [0.1, 0.15) is 11.3 Å². The van der Waals surface area contributed by atoms with Crippen molar-refractivity contribution < 1.29 is 18.6 Å². The van der Waals surface area contributed by atoms with Crippen molar-refractivity contribution in [3.8, 4) is 17.2 Å². The normalized spacial score (nSPS) is 11.9. The predicted molar refractivity (Wildman–Crippen MR) is 110 cm³/mol. The third-order valence-corrected chi connectivity index (χ3v) is 4.73. The zero-order valence-electron chi connectivity index (χ0n) is 15.4. The SMILES string of the molecule is COc1ccc(NC(=S)N(Cc2ccc3c(c2)OCO3)Cc2ccco2)cc1. The van der Waals surface area contributed by atoms with E-state index in [2.05, 4.69) is 5.32 Å². The summed E-state index contributed by atoms with van der Waals surface area (Å²) in [7, 11) is 1.64. The first-order chi connectivity index (χ1) is 13.7. The molecule has 7 heteroatoms. The zero-order valence-corrected chi connectivity index (χ0v) is 16.2. The van der Waals surface area contributed by atoms with E-state index in [1.807, 2.05) is 59.5 Å². The van der Waals surface area contributed by atoms with E-state index in [9.17, 15) is 0 Å². The predicted octanol–water partition coefficient (Wildman–Crippen LogP) is 4.42. The number of nitrogens with zero attached hydrogens (tertiary/aromatic N) is 1. The van der Waals surface area contributed by atoms with Crippen molar-refractivity contribution in [2.45, 2.75) is 13.1 Å². The molecule has 0 bridgehead atoms. The van der Waals surface area contributed by atoms with Crippen LogP contribution in [-0.4, -0.2) is 23.9 Å². The number of ether oxygens (including phenoxy) is 3. The summed E-state index contributed by atoms with van der Waals surface area (Å²) < 4.78 is 21.6. The smallest absolute Gasteiger partial charge is 0.231 e. The second kappa shape index (κ2) is 8.22. The molecule has 3 aromatic rings. The van der Waals surface area contributed by atoms with Crippen molar-refractivity contribution in [3.05, 3.63) is 72.2 Å². The topological polar surface area (TPSA) is 56.1 Å². The van der Waals surface area contributed by atoms with Crippen LogP contribution in [0.15, 0.2) is 65.3 Å². The van der Waals surface area contributed by atoms with Crippen LogP contribution in [0.5, 0.6) is 17.2 Å². The maximum Gasteiger partial charge on any atom is 0.231 e. The summed E-state index contributed by atoms with van der Waals surface area (Å²) in [5.41, 5.74) is 1.95. The summed E-state index contributed by atoms with van der Waals surface area (Å²) in [6, 6.07) is 17.3. The van der Waals surface area contributed by atoms with E-state index in [1.54, 1.807) is 13.4 Å². The Morgan fingerprint density at radius 3 is 2.64 bits per heavy atom. The molecule has 28 heavy (non-hydrogen) atoms. The molecular weight excluding hydrogens is 376 g/mol. The highest BCUT2D eigenvalue weighted by Gasteiger charge is 2.17. The molecule has 1 aliphatic rings. The van der Waals surface area contributed by atoms with Crippen molar-refractivity contribution >= 4 is 23.0 Å². The van der Waals surface area contributed by atoms with Crippen molar-refractivity contribution in [3.63, 3.8) is 0 Å². The summed E-state index contributed by atoms with van der Waals surface area (Å²) >= 11 is 5.68. The lowest BCUT2D eigenvalue weighted by molar-refractivity contribution is 0.174. The molecule has 0 aliphatic carbocycles. The lowest BCUT2D eigenvalue weighted by Gasteiger charge is -2.25. The highest BCUT2D eigenvalue weighted by atomic mass is 32.1. The first kappa shape index (κ1) is 18.2. The number of fused-ring (bicyclic) bond motifs is 1. The fourth-order valence-electron chi connectivity index (χ4n) is 2.93. The standard InChI is InChI=1S/C21H20N2O4S/c1-24-17-7-5-16(6-8-17)22-21(28)23(13-18-3-2-10-25-18)12-15-4-9-19-20(11-15)27-14-26-19/h2-11H,12-14H2,1H3,(H,22,28). The van der Waals surface area contributed by atoms with Crippen molar-refractivity contribution in [2.24, 2.45) is 0 Å². The van der Waals surface area contributed by atoms with Gasteiger partial charge >= 0.3 is 0 Å². The fourth-order valence-corrected chi connectivity index (χ4v) is 3.17. The molecule has 0 fully saturated rings. The lowest BCUT2D eigenvalue weighted by Crippen LogP contribution is -2.33. The number of furan rings is 1. The number of anilines is 1. The van der Waals surface area contributed by atoms with Gasteiger partial charge in [0.15, 0.2) is 16.6 Å². The molecule has 0 unspecified atom stereocenters. The summed E-state index contributed by atoms with van der Waals surface area (Å²) in [4.78, 5) is 2.04. The Morgan fingerprint density at radius 1 is 1.07 bits per heavy atom. The average molecular weight is 396 g/mol. The Bertz CT molecular complexity index is 942. The van der Waals surface area contributed by atoms with Crippen LogP contribution in [0, 0.1) is 0 Å². The Balaban J connectivity index is 1.51. The van der Waals surface area contributed by atoms with Gasteiger partial charge in [0.25, 0.3) is 0 Å². The largest absolute Gasteiger partial charge is 0.497 e. The molecule has 0 saturated carbocycles. The van der Waals surface area contributed by atoms with Gasteiger partial charge in [-0.15, -0.1) is 0 Å². The van der Waals surface area contributed by atoms with Crippen LogP contribution >= 0.6 is 12.2 Å². The summed E-state index contributed by atoms with van der Waals surface area (Å²) in [5.74, 6) is 3.15. The van der Waals surface area contributed by atoms with E-state index in [0.717, 1.165) is 34.3 Å². The van der Waals surface area contributed by atoms with Gasteiger partial charge in [-0.05, 0) is 66.3 Å². The van der Waals surface area contributed by atoms with E-state index in [1.165, 1.54) is 0 Å². The van der Waals surface area contributed by atoms with Crippen molar-refractivity contribution in [1.82, 2.24) is 4.90 Å². The lowest BCUT2D eigenvalue weighted by atomic mass is 10.2. The molecule has 6 nitrogen and oxygen atoms in total. The third kappa shape index (κ3) is 4.20. The molecule has 0 radical (unpaired) electrons. The summed E-state index contributed by atoms with van der Waals surface area (Å²) in [6.07, 6.45) is 1.66. The first-order valence-corrected chi connectivity index (χ1v) is 9.23. The second-order valence-electron chi connectivity index (χ2n) is 6.28. The molecule has 2 aromatic carbocycles. The molecule has 1 N–H and O–H groups in total. The molecule has 144 valence electrons. The maximum atomic E-state index is 5.68. The first-order valence-electron chi connectivity index (χ1n) is 8.82. The van der Waals surface area contributed by atoms with Gasteiger partial charge in [-0.2, -0.15) is 0 Å². The highest BCUT2D eigenvalue weighted by molar-refractivity contribution is 7.80.